The maximum atomic E-state index is 13.5. The van der Waals surface area contributed by atoms with Gasteiger partial charge in [-0.15, -0.1) is 0 Å². The van der Waals surface area contributed by atoms with Crippen LogP contribution in [0.2, 0.25) is 0 Å². The van der Waals surface area contributed by atoms with Crippen molar-refractivity contribution in [2.24, 2.45) is 0 Å². The van der Waals surface area contributed by atoms with Crippen molar-refractivity contribution in [1.82, 2.24) is 25.8 Å². The van der Waals surface area contributed by atoms with E-state index >= 15 is 0 Å². The number of halogens is 1. The second-order valence-electron chi connectivity index (χ2n) is 9.11. The van der Waals surface area contributed by atoms with Crippen molar-refractivity contribution >= 4 is 17.3 Å². The molecule has 2 amide bonds. The second-order valence-corrected chi connectivity index (χ2v) is 9.11. The standard InChI is InChI=1S/C31H28FN5O2/c1-33-31(39)28-27-20-24(16-18-37(27)36-29(28)22-12-14-26(32)15-13-22)23-10-5-11-25(19-23)30(38)35-34-17-6-9-21-7-3-2-4-8-21/h2-5,7-8,10-16,18-20,34H,6,9,17H2,1H3,(H,33,39)(H,35,38). The number of carbonyl (C=O) groups is 2. The van der Waals surface area contributed by atoms with Gasteiger partial charge in [0.25, 0.3) is 11.8 Å². The number of nitrogens with one attached hydrogen (secondary N) is 3. The Hall–Kier alpha value is -4.82. The minimum absolute atomic E-state index is 0.230. The van der Waals surface area contributed by atoms with Crippen LogP contribution >= 0.6 is 0 Å². The Morgan fingerprint density at radius 3 is 2.38 bits per heavy atom. The maximum absolute atomic E-state index is 13.5. The summed E-state index contributed by atoms with van der Waals surface area (Å²) in [6.07, 6.45) is 3.59. The van der Waals surface area contributed by atoms with Crippen LogP contribution < -0.4 is 16.2 Å². The number of rotatable bonds is 9. The van der Waals surface area contributed by atoms with E-state index in [9.17, 15) is 14.0 Å². The average Bonchev–Trinajstić information content (AvgIpc) is 3.36. The molecular formula is C31H28FN5O2. The fourth-order valence-electron chi connectivity index (χ4n) is 4.46. The van der Waals surface area contributed by atoms with Gasteiger partial charge < -0.3 is 5.32 Å². The van der Waals surface area contributed by atoms with E-state index in [-0.39, 0.29) is 17.6 Å². The number of carbonyl (C=O) groups excluding carboxylic acids is 2. The molecule has 0 unspecified atom stereocenters. The van der Waals surface area contributed by atoms with Crippen molar-refractivity contribution < 1.29 is 14.0 Å². The molecule has 2 heterocycles. The fourth-order valence-corrected chi connectivity index (χ4v) is 4.46. The first kappa shape index (κ1) is 25.8. The zero-order valence-corrected chi connectivity index (χ0v) is 21.4. The van der Waals surface area contributed by atoms with E-state index in [0.717, 1.165) is 24.0 Å². The Bertz CT molecular complexity index is 1610. The van der Waals surface area contributed by atoms with Crippen molar-refractivity contribution in [3.63, 3.8) is 0 Å². The smallest absolute Gasteiger partial charge is 0.265 e. The Labute approximate surface area is 225 Å². The number of pyridine rings is 1. The Morgan fingerprint density at radius 2 is 1.62 bits per heavy atom. The molecule has 3 aromatic carbocycles. The van der Waals surface area contributed by atoms with E-state index in [4.69, 9.17) is 0 Å². The van der Waals surface area contributed by atoms with E-state index in [1.54, 1.807) is 36.0 Å². The van der Waals surface area contributed by atoms with E-state index < -0.39 is 0 Å². The van der Waals surface area contributed by atoms with Crippen LogP contribution in [0.5, 0.6) is 0 Å². The third-order valence-corrected chi connectivity index (χ3v) is 6.48. The highest BCUT2D eigenvalue weighted by atomic mass is 19.1. The predicted octanol–water partition coefficient (Wildman–Crippen LogP) is 5.03. The number of amides is 2. The van der Waals surface area contributed by atoms with Crippen LogP contribution in [0.4, 0.5) is 4.39 Å². The monoisotopic (exact) mass is 521 g/mol. The quantitative estimate of drug-likeness (QED) is 0.188. The number of hydrogen-bond donors (Lipinski definition) is 3. The number of aryl methyl sites for hydroxylation is 1. The van der Waals surface area contributed by atoms with Gasteiger partial charge in [-0.3, -0.25) is 15.0 Å². The molecule has 0 spiro atoms. The van der Waals surface area contributed by atoms with E-state index in [0.29, 0.717) is 34.4 Å². The molecule has 5 aromatic rings. The van der Waals surface area contributed by atoms with E-state index in [2.05, 4.69) is 33.4 Å². The topological polar surface area (TPSA) is 87.5 Å². The first-order valence-corrected chi connectivity index (χ1v) is 12.7. The van der Waals surface area contributed by atoms with Gasteiger partial charge >= 0.3 is 0 Å². The van der Waals surface area contributed by atoms with Crippen molar-refractivity contribution in [3.8, 4) is 22.4 Å². The van der Waals surface area contributed by atoms with Crippen LogP contribution in [0.15, 0.2) is 97.2 Å². The third kappa shape index (κ3) is 5.86. The molecule has 196 valence electrons. The van der Waals surface area contributed by atoms with Crippen LogP contribution in [0.25, 0.3) is 27.9 Å². The van der Waals surface area contributed by atoms with E-state index in [1.807, 2.05) is 48.5 Å². The molecular weight excluding hydrogens is 493 g/mol. The van der Waals surface area contributed by atoms with Crippen molar-refractivity contribution in [2.45, 2.75) is 12.8 Å². The molecule has 7 nitrogen and oxygen atoms in total. The van der Waals surface area contributed by atoms with Gasteiger partial charge in [0.15, 0.2) is 0 Å². The average molecular weight is 522 g/mol. The van der Waals surface area contributed by atoms with Gasteiger partial charge in [0, 0.05) is 30.9 Å². The lowest BCUT2D eigenvalue weighted by Gasteiger charge is -2.09. The molecule has 8 heteroatoms. The van der Waals surface area contributed by atoms with Crippen LogP contribution in [0.1, 0.15) is 32.7 Å². The first-order valence-electron chi connectivity index (χ1n) is 12.7. The minimum atomic E-state index is -0.363. The number of aromatic nitrogens is 2. The van der Waals surface area contributed by atoms with E-state index in [1.165, 1.54) is 17.7 Å². The van der Waals surface area contributed by atoms with Gasteiger partial charge in [0.2, 0.25) is 0 Å². The molecule has 0 fully saturated rings. The van der Waals surface area contributed by atoms with Gasteiger partial charge in [0.1, 0.15) is 11.5 Å². The van der Waals surface area contributed by atoms with Crippen LogP contribution in [0, 0.1) is 5.82 Å². The summed E-state index contributed by atoms with van der Waals surface area (Å²) in [5, 5.41) is 7.27. The lowest BCUT2D eigenvalue weighted by Crippen LogP contribution is -2.38. The summed E-state index contributed by atoms with van der Waals surface area (Å²) in [7, 11) is 1.56. The molecule has 39 heavy (non-hydrogen) atoms. The zero-order chi connectivity index (χ0) is 27.2. The molecule has 5 rings (SSSR count). The number of hydrogen-bond acceptors (Lipinski definition) is 4. The number of fused-ring (bicyclic) bond motifs is 1. The molecule has 3 N–H and O–H groups in total. The molecule has 0 aliphatic carbocycles. The third-order valence-electron chi connectivity index (χ3n) is 6.48. The minimum Gasteiger partial charge on any atom is -0.355 e. The molecule has 0 aliphatic rings. The van der Waals surface area contributed by atoms with Gasteiger partial charge in [0.05, 0.1) is 11.1 Å². The summed E-state index contributed by atoms with van der Waals surface area (Å²) in [5.41, 5.74) is 11.3. The Kier molecular flexibility index (Phi) is 7.75. The van der Waals surface area contributed by atoms with Gasteiger partial charge in [-0.1, -0.05) is 42.5 Å². The molecule has 0 radical (unpaired) electrons. The Balaban J connectivity index is 1.34. The van der Waals surface area contributed by atoms with Crippen LogP contribution in [-0.4, -0.2) is 35.0 Å². The van der Waals surface area contributed by atoms with Crippen LogP contribution in [0.3, 0.4) is 0 Å². The molecule has 0 atom stereocenters. The van der Waals surface area contributed by atoms with Crippen molar-refractivity contribution in [2.75, 3.05) is 13.6 Å². The zero-order valence-electron chi connectivity index (χ0n) is 21.4. The molecule has 2 aromatic heterocycles. The number of hydrazine groups is 1. The second kappa shape index (κ2) is 11.7. The maximum Gasteiger partial charge on any atom is 0.265 e. The highest BCUT2D eigenvalue weighted by Crippen LogP contribution is 2.30. The van der Waals surface area contributed by atoms with Gasteiger partial charge in [-0.25, -0.2) is 14.3 Å². The van der Waals surface area contributed by atoms with Gasteiger partial charge in [-0.05, 0) is 78.1 Å². The largest absolute Gasteiger partial charge is 0.355 e. The van der Waals surface area contributed by atoms with Crippen LogP contribution in [-0.2, 0) is 6.42 Å². The summed E-state index contributed by atoms with van der Waals surface area (Å²) in [5.74, 6) is -0.892. The fraction of sp³-hybridized carbons (Fsp3) is 0.129. The summed E-state index contributed by atoms with van der Waals surface area (Å²) >= 11 is 0. The SMILES string of the molecule is CNC(=O)c1c(-c2ccc(F)cc2)nn2ccc(-c3cccc(C(=O)NNCCCc4ccccc4)c3)cc12. The highest BCUT2D eigenvalue weighted by Gasteiger charge is 2.21. The summed E-state index contributed by atoms with van der Waals surface area (Å²) in [6, 6.07) is 27.1. The molecule has 0 saturated heterocycles. The van der Waals surface area contributed by atoms with Crippen molar-refractivity contribution in [1.29, 1.82) is 0 Å². The highest BCUT2D eigenvalue weighted by molar-refractivity contribution is 6.06. The predicted molar refractivity (Wildman–Crippen MR) is 150 cm³/mol. The molecule has 0 bridgehead atoms. The summed E-state index contributed by atoms with van der Waals surface area (Å²) in [6.45, 7) is 0.650. The number of benzene rings is 3. The molecule has 0 saturated carbocycles. The van der Waals surface area contributed by atoms with Gasteiger partial charge in [-0.2, -0.15) is 5.10 Å². The van der Waals surface area contributed by atoms with Crippen molar-refractivity contribution in [3.05, 3.63) is 120 Å². The Morgan fingerprint density at radius 1 is 0.846 bits per heavy atom. The summed E-state index contributed by atoms with van der Waals surface area (Å²) in [4.78, 5) is 25.6. The lowest BCUT2D eigenvalue weighted by atomic mass is 10.0. The normalized spacial score (nSPS) is 10.9. The number of nitrogens with zero attached hydrogens (tertiary/aromatic N) is 2. The lowest BCUT2D eigenvalue weighted by molar-refractivity contribution is 0.0931. The summed E-state index contributed by atoms with van der Waals surface area (Å²) < 4.78 is 15.1. The molecule has 0 aliphatic heterocycles. The first-order chi connectivity index (χ1) is 19.0.